The molecular formula is C13H12BrNOS. The third kappa shape index (κ3) is 2.05. The van der Waals surface area contributed by atoms with E-state index in [0.29, 0.717) is 0 Å². The minimum Gasteiger partial charge on any atom is -0.395 e. The van der Waals surface area contributed by atoms with Gasteiger partial charge in [0.1, 0.15) is 5.01 Å². The molecule has 1 aromatic heterocycles. The Hall–Kier alpha value is -0.710. The van der Waals surface area contributed by atoms with Crippen molar-refractivity contribution < 1.29 is 5.11 Å². The first kappa shape index (κ1) is 11.4. The lowest BCUT2D eigenvalue weighted by molar-refractivity contribution is 0.255. The zero-order valence-corrected chi connectivity index (χ0v) is 11.6. The van der Waals surface area contributed by atoms with Crippen LogP contribution >= 0.6 is 27.3 Å². The number of aromatic nitrogens is 1. The van der Waals surface area contributed by atoms with E-state index in [2.05, 4.69) is 38.4 Å². The Bertz CT molecular complexity index is 531. The molecule has 0 saturated heterocycles. The predicted octanol–water partition coefficient (Wildman–Crippen LogP) is 3.60. The van der Waals surface area contributed by atoms with Crippen LogP contribution in [0.3, 0.4) is 0 Å². The van der Waals surface area contributed by atoms with E-state index in [1.165, 1.54) is 0 Å². The zero-order valence-electron chi connectivity index (χ0n) is 9.19. The Labute approximate surface area is 112 Å². The van der Waals surface area contributed by atoms with Gasteiger partial charge in [-0.05, 0) is 25.0 Å². The summed E-state index contributed by atoms with van der Waals surface area (Å²) in [5, 5.41) is 12.5. The fourth-order valence-electron chi connectivity index (χ4n) is 1.86. The summed E-state index contributed by atoms with van der Waals surface area (Å²) >= 11 is 5.09. The van der Waals surface area contributed by atoms with Gasteiger partial charge in [-0.15, -0.1) is 11.3 Å². The minimum absolute atomic E-state index is 0.0156. The van der Waals surface area contributed by atoms with Crippen LogP contribution < -0.4 is 0 Å². The maximum atomic E-state index is 9.39. The van der Waals surface area contributed by atoms with E-state index in [-0.39, 0.29) is 12.0 Å². The number of aliphatic hydroxyl groups excluding tert-OH is 1. The van der Waals surface area contributed by atoms with Crippen molar-refractivity contribution in [2.24, 2.45) is 0 Å². The number of rotatable bonds is 3. The molecule has 2 nitrogen and oxygen atoms in total. The van der Waals surface area contributed by atoms with Gasteiger partial charge >= 0.3 is 0 Å². The van der Waals surface area contributed by atoms with E-state index < -0.39 is 0 Å². The fourth-order valence-corrected chi connectivity index (χ4v) is 3.21. The van der Waals surface area contributed by atoms with Crippen molar-refractivity contribution in [2.45, 2.75) is 18.3 Å². The maximum Gasteiger partial charge on any atom is 0.102 e. The summed E-state index contributed by atoms with van der Waals surface area (Å²) in [5.41, 5.74) is 2.12. The number of nitrogens with zero attached hydrogens (tertiary/aromatic N) is 1. The molecule has 0 atom stereocenters. The summed E-state index contributed by atoms with van der Waals surface area (Å²) in [4.78, 5) is 4.66. The van der Waals surface area contributed by atoms with Crippen LogP contribution in [-0.2, 0) is 5.41 Å². The summed E-state index contributed by atoms with van der Waals surface area (Å²) in [6, 6.07) is 8.16. The van der Waals surface area contributed by atoms with Gasteiger partial charge in [0.2, 0.25) is 0 Å². The first-order valence-corrected chi connectivity index (χ1v) is 7.24. The molecule has 2 aromatic rings. The molecule has 4 heteroatoms. The summed E-state index contributed by atoms with van der Waals surface area (Å²) in [5.74, 6) is 0. The van der Waals surface area contributed by atoms with E-state index in [9.17, 15) is 5.11 Å². The van der Waals surface area contributed by atoms with Crippen molar-refractivity contribution in [3.05, 3.63) is 39.1 Å². The van der Waals surface area contributed by atoms with Crippen LogP contribution in [0, 0.1) is 0 Å². The van der Waals surface area contributed by atoms with Gasteiger partial charge in [-0.25, -0.2) is 4.98 Å². The Morgan fingerprint density at radius 3 is 2.59 bits per heavy atom. The summed E-state index contributed by atoms with van der Waals surface area (Å²) in [7, 11) is 0. The lowest BCUT2D eigenvalue weighted by atomic mass is 10.1. The van der Waals surface area contributed by atoms with E-state index in [1.54, 1.807) is 11.3 Å². The molecule has 0 aliphatic heterocycles. The summed E-state index contributed by atoms with van der Waals surface area (Å²) in [6.07, 6.45) is 2.13. The van der Waals surface area contributed by atoms with Crippen LogP contribution in [0.25, 0.3) is 11.3 Å². The number of aliphatic hydroxyl groups is 1. The number of thiazole rings is 1. The molecule has 0 spiro atoms. The minimum atomic E-state index is -0.0156. The second-order valence-corrected chi connectivity index (χ2v) is 6.26. The Balaban J connectivity index is 1.92. The predicted molar refractivity (Wildman–Crippen MR) is 73.2 cm³/mol. The van der Waals surface area contributed by atoms with Gasteiger partial charge in [-0.3, -0.25) is 0 Å². The first-order valence-electron chi connectivity index (χ1n) is 5.56. The molecule has 0 amide bonds. The topological polar surface area (TPSA) is 33.1 Å². The van der Waals surface area contributed by atoms with Crippen molar-refractivity contribution in [1.29, 1.82) is 0 Å². The van der Waals surface area contributed by atoms with Crippen molar-refractivity contribution in [3.8, 4) is 11.3 Å². The van der Waals surface area contributed by atoms with E-state index in [1.807, 2.05) is 12.1 Å². The number of benzene rings is 1. The molecule has 1 aromatic carbocycles. The lowest BCUT2D eigenvalue weighted by Crippen LogP contribution is -2.11. The molecule has 1 aliphatic carbocycles. The molecular weight excluding hydrogens is 298 g/mol. The van der Waals surface area contributed by atoms with Gasteiger partial charge in [0.15, 0.2) is 0 Å². The van der Waals surface area contributed by atoms with Gasteiger partial charge in [-0.2, -0.15) is 0 Å². The van der Waals surface area contributed by atoms with E-state index in [4.69, 9.17) is 0 Å². The first-order chi connectivity index (χ1) is 8.23. The van der Waals surface area contributed by atoms with E-state index >= 15 is 0 Å². The molecule has 1 N–H and O–H groups in total. The third-order valence-electron chi connectivity index (χ3n) is 3.25. The summed E-state index contributed by atoms with van der Waals surface area (Å²) in [6.45, 7) is 0.223. The molecule has 1 saturated carbocycles. The molecule has 0 bridgehead atoms. The largest absolute Gasteiger partial charge is 0.395 e. The number of halogens is 1. The van der Waals surface area contributed by atoms with Gasteiger partial charge in [0.25, 0.3) is 0 Å². The van der Waals surface area contributed by atoms with Crippen LogP contribution in [0.4, 0.5) is 0 Å². The Morgan fingerprint density at radius 2 is 2.00 bits per heavy atom. The molecule has 17 heavy (non-hydrogen) atoms. The molecule has 1 aliphatic rings. The zero-order chi connectivity index (χ0) is 11.9. The highest BCUT2D eigenvalue weighted by Crippen LogP contribution is 2.49. The summed E-state index contributed by atoms with van der Waals surface area (Å²) < 4.78 is 1.07. The molecule has 1 heterocycles. The standard InChI is InChI=1S/C13H12BrNOS/c14-10-3-1-9(2-4-10)11-7-17-12(15-11)13(8-16)5-6-13/h1-4,7,16H,5-6,8H2. The van der Waals surface area contributed by atoms with Crippen LogP contribution in [0.1, 0.15) is 17.8 Å². The smallest absolute Gasteiger partial charge is 0.102 e. The van der Waals surface area contributed by atoms with Gasteiger partial charge < -0.3 is 5.11 Å². The van der Waals surface area contributed by atoms with Crippen LogP contribution in [0.15, 0.2) is 34.1 Å². The molecule has 3 rings (SSSR count). The monoisotopic (exact) mass is 309 g/mol. The van der Waals surface area contributed by atoms with Gasteiger partial charge in [0, 0.05) is 20.8 Å². The van der Waals surface area contributed by atoms with Crippen LogP contribution in [-0.4, -0.2) is 16.7 Å². The molecule has 1 fully saturated rings. The lowest BCUT2D eigenvalue weighted by Gasteiger charge is -2.05. The molecule has 88 valence electrons. The fraction of sp³-hybridized carbons (Fsp3) is 0.308. The normalized spacial score (nSPS) is 17.1. The van der Waals surface area contributed by atoms with Crippen LogP contribution in [0.5, 0.6) is 0 Å². The van der Waals surface area contributed by atoms with Gasteiger partial charge in [0.05, 0.1) is 12.3 Å². The van der Waals surface area contributed by atoms with Crippen molar-refractivity contribution in [1.82, 2.24) is 4.98 Å². The van der Waals surface area contributed by atoms with Crippen molar-refractivity contribution in [3.63, 3.8) is 0 Å². The average molecular weight is 310 g/mol. The van der Waals surface area contributed by atoms with Crippen molar-refractivity contribution >= 4 is 27.3 Å². The van der Waals surface area contributed by atoms with E-state index in [0.717, 1.165) is 33.6 Å². The Kier molecular flexibility index (Phi) is 2.81. The average Bonchev–Trinajstić information content (AvgIpc) is 3.00. The number of hydrogen-bond donors (Lipinski definition) is 1. The Morgan fingerprint density at radius 1 is 1.29 bits per heavy atom. The third-order valence-corrected chi connectivity index (χ3v) is 4.87. The maximum absolute atomic E-state index is 9.39. The second kappa shape index (κ2) is 4.19. The highest BCUT2D eigenvalue weighted by Gasteiger charge is 2.46. The number of hydrogen-bond acceptors (Lipinski definition) is 3. The van der Waals surface area contributed by atoms with Gasteiger partial charge in [-0.1, -0.05) is 28.1 Å². The molecule has 0 radical (unpaired) electrons. The highest BCUT2D eigenvalue weighted by atomic mass is 79.9. The SMILES string of the molecule is OCC1(c2nc(-c3ccc(Br)cc3)cs2)CC1. The quantitative estimate of drug-likeness (QED) is 0.940. The second-order valence-electron chi connectivity index (χ2n) is 4.48. The molecule has 0 unspecified atom stereocenters. The van der Waals surface area contributed by atoms with Crippen molar-refractivity contribution in [2.75, 3.05) is 6.61 Å². The highest BCUT2D eigenvalue weighted by molar-refractivity contribution is 9.10. The van der Waals surface area contributed by atoms with Crippen LogP contribution in [0.2, 0.25) is 0 Å².